The molecule has 0 radical (unpaired) electrons. The van der Waals surface area contributed by atoms with Gasteiger partial charge in [0.15, 0.2) is 6.61 Å². The Morgan fingerprint density at radius 3 is 2.43 bits per heavy atom. The quantitative estimate of drug-likeness (QED) is 0.552. The van der Waals surface area contributed by atoms with Crippen molar-refractivity contribution in [1.82, 2.24) is 5.32 Å². The van der Waals surface area contributed by atoms with Crippen molar-refractivity contribution in [2.24, 2.45) is 0 Å². The maximum Gasteiger partial charge on any atom is 0.262 e. The number of benzene rings is 3. The molecular weight excluding hydrogens is 400 g/mol. The summed E-state index contributed by atoms with van der Waals surface area (Å²) in [5, 5.41) is 6.32. The summed E-state index contributed by atoms with van der Waals surface area (Å²) in [7, 11) is 0. The number of hydrogen-bond acceptors (Lipinski definition) is 3. The zero-order chi connectivity index (χ0) is 21.5. The number of carbonyl (C=O) groups is 2. The molecule has 0 saturated heterocycles. The van der Waals surface area contributed by atoms with Crippen molar-refractivity contribution in [3.05, 3.63) is 94.5 Å². The first-order valence-corrected chi connectivity index (χ1v) is 9.95. The number of aryl methyl sites for hydroxylation is 1. The summed E-state index contributed by atoms with van der Waals surface area (Å²) in [6, 6.07) is 21.6. The summed E-state index contributed by atoms with van der Waals surface area (Å²) in [4.78, 5) is 25.2. The molecule has 0 fully saturated rings. The molecule has 1 atom stereocenters. The highest BCUT2D eigenvalue weighted by Crippen LogP contribution is 2.22. The number of halogens is 1. The lowest BCUT2D eigenvalue weighted by Gasteiger charge is -2.16. The Morgan fingerprint density at radius 2 is 1.70 bits per heavy atom. The smallest absolute Gasteiger partial charge is 0.262 e. The predicted molar refractivity (Wildman–Crippen MR) is 119 cm³/mol. The minimum Gasteiger partial charge on any atom is -0.483 e. The molecule has 0 bridgehead atoms. The third-order valence-electron chi connectivity index (χ3n) is 4.59. The van der Waals surface area contributed by atoms with E-state index in [1.807, 2.05) is 44.2 Å². The molecule has 154 valence electrons. The van der Waals surface area contributed by atoms with Crippen molar-refractivity contribution in [1.29, 1.82) is 0 Å². The number of para-hydroxylation sites is 1. The Balaban J connectivity index is 1.64. The van der Waals surface area contributed by atoms with E-state index in [0.717, 1.165) is 11.1 Å². The molecule has 3 aromatic rings. The molecule has 30 heavy (non-hydrogen) atoms. The van der Waals surface area contributed by atoms with Gasteiger partial charge in [-0.2, -0.15) is 0 Å². The monoisotopic (exact) mass is 422 g/mol. The van der Waals surface area contributed by atoms with Gasteiger partial charge in [0, 0.05) is 5.02 Å². The minimum atomic E-state index is -0.360. The van der Waals surface area contributed by atoms with Crippen LogP contribution in [-0.4, -0.2) is 18.4 Å². The summed E-state index contributed by atoms with van der Waals surface area (Å²) in [6.45, 7) is 3.59. The summed E-state index contributed by atoms with van der Waals surface area (Å²) in [6.07, 6.45) is 0. The number of rotatable bonds is 7. The van der Waals surface area contributed by atoms with Gasteiger partial charge in [-0.25, -0.2) is 0 Å². The van der Waals surface area contributed by atoms with Gasteiger partial charge in [-0.15, -0.1) is 0 Å². The van der Waals surface area contributed by atoms with Crippen molar-refractivity contribution < 1.29 is 14.3 Å². The SMILES string of the molecule is Cc1cc(Cl)ccc1OCC(=O)Nc1ccccc1C(=O)NC(C)c1ccccc1. The van der Waals surface area contributed by atoms with Crippen LogP contribution in [0.1, 0.15) is 34.5 Å². The second-order valence-electron chi connectivity index (χ2n) is 6.90. The summed E-state index contributed by atoms with van der Waals surface area (Å²) >= 11 is 5.94. The first kappa shape index (κ1) is 21.4. The topological polar surface area (TPSA) is 67.4 Å². The van der Waals surface area contributed by atoms with E-state index < -0.39 is 0 Å². The highest BCUT2D eigenvalue weighted by atomic mass is 35.5. The van der Waals surface area contributed by atoms with Crippen LogP contribution in [0.3, 0.4) is 0 Å². The van der Waals surface area contributed by atoms with E-state index in [-0.39, 0.29) is 24.5 Å². The Hall–Kier alpha value is -3.31. The molecule has 0 aliphatic heterocycles. The fourth-order valence-corrected chi connectivity index (χ4v) is 3.22. The lowest BCUT2D eigenvalue weighted by Crippen LogP contribution is -2.28. The summed E-state index contributed by atoms with van der Waals surface area (Å²) < 4.78 is 5.58. The van der Waals surface area contributed by atoms with Crippen molar-refractivity contribution in [2.75, 3.05) is 11.9 Å². The highest BCUT2D eigenvalue weighted by Gasteiger charge is 2.16. The molecule has 1 unspecified atom stereocenters. The molecule has 5 nitrogen and oxygen atoms in total. The highest BCUT2D eigenvalue weighted by molar-refractivity contribution is 6.30. The zero-order valence-corrected chi connectivity index (χ0v) is 17.6. The van der Waals surface area contributed by atoms with Crippen LogP contribution in [0.25, 0.3) is 0 Å². The van der Waals surface area contributed by atoms with E-state index in [9.17, 15) is 9.59 Å². The Morgan fingerprint density at radius 1 is 1.00 bits per heavy atom. The summed E-state index contributed by atoms with van der Waals surface area (Å²) in [5.41, 5.74) is 2.65. The third-order valence-corrected chi connectivity index (χ3v) is 4.82. The van der Waals surface area contributed by atoms with Gasteiger partial charge in [0.1, 0.15) is 5.75 Å². The van der Waals surface area contributed by atoms with Crippen LogP contribution in [0, 0.1) is 6.92 Å². The van der Waals surface area contributed by atoms with Gasteiger partial charge in [-0.05, 0) is 55.3 Å². The van der Waals surface area contributed by atoms with Crippen molar-refractivity contribution in [2.45, 2.75) is 19.9 Å². The largest absolute Gasteiger partial charge is 0.483 e. The average Bonchev–Trinajstić information content (AvgIpc) is 2.74. The lowest BCUT2D eigenvalue weighted by atomic mass is 10.1. The van der Waals surface area contributed by atoms with Crippen LogP contribution in [-0.2, 0) is 4.79 Å². The fraction of sp³-hybridized carbons (Fsp3) is 0.167. The van der Waals surface area contributed by atoms with Crippen molar-refractivity contribution in [3.63, 3.8) is 0 Å². The van der Waals surface area contributed by atoms with Gasteiger partial charge < -0.3 is 15.4 Å². The van der Waals surface area contributed by atoms with E-state index in [0.29, 0.717) is 22.0 Å². The molecule has 2 N–H and O–H groups in total. The van der Waals surface area contributed by atoms with Crippen LogP contribution in [0.4, 0.5) is 5.69 Å². The van der Waals surface area contributed by atoms with Crippen LogP contribution in [0.2, 0.25) is 5.02 Å². The van der Waals surface area contributed by atoms with Crippen molar-refractivity contribution >= 4 is 29.1 Å². The van der Waals surface area contributed by atoms with Gasteiger partial charge in [-0.3, -0.25) is 9.59 Å². The molecule has 0 saturated carbocycles. The molecule has 0 aromatic heterocycles. The lowest BCUT2D eigenvalue weighted by molar-refractivity contribution is -0.118. The van der Waals surface area contributed by atoms with Gasteiger partial charge in [0.2, 0.25) is 0 Å². The number of carbonyl (C=O) groups excluding carboxylic acids is 2. The number of amides is 2. The van der Waals surface area contributed by atoms with E-state index in [1.54, 1.807) is 42.5 Å². The molecule has 3 aromatic carbocycles. The summed E-state index contributed by atoms with van der Waals surface area (Å²) in [5.74, 6) is -0.0466. The second-order valence-corrected chi connectivity index (χ2v) is 7.33. The van der Waals surface area contributed by atoms with Crippen molar-refractivity contribution in [3.8, 4) is 5.75 Å². The first-order valence-electron chi connectivity index (χ1n) is 9.57. The normalized spacial score (nSPS) is 11.4. The van der Waals surface area contributed by atoms with Crippen LogP contribution >= 0.6 is 11.6 Å². The van der Waals surface area contributed by atoms with E-state index in [1.165, 1.54) is 0 Å². The number of nitrogens with one attached hydrogen (secondary N) is 2. The molecule has 0 aliphatic carbocycles. The fourth-order valence-electron chi connectivity index (χ4n) is 2.99. The number of ether oxygens (including phenoxy) is 1. The first-order chi connectivity index (χ1) is 14.4. The third kappa shape index (κ3) is 5.61. The van der Waals surface area contributed by atoms with Gasteiger partial charge in [0.25, 0.3) is 11.8 Å². The van der Waals surface area contributed by atoms with E-state index in [2.05, 4.69) is 10.6 Å². The number of anilines is 1. The minimum absolute atomic E-state index is 0.168. The Labute approximate surface area is 181 Å². The van der Waals surface area contributed by atoms with Gasteiger partial charge in [0.05, 0.1) is 17.3 Å². The predicted octanol–water partition coefficient (Wildman–Crippen LogP) is 5.16. The molecular formula is C24H23ClN2O3. The van der Waals surface area contributed by atoms with Crippen LogP contribution < -0.4 is 15.4 Å². The average molecular weight is 423 g/mol. The van der Waals surface area contributed by atoms with Gasteiger partial charge in [-0.1, -0.05) is 54.1 Å². The standard InChI is InChI=1S/C24H23ClN2O3/c1-16-14-19(25)12-13-22(16)30-15-23(28)27-21-11-7-6-10-20(21)24(29)26-17(2)18-8-4-3-5-9-18/h3-14,17H,15H2,1-2H3,(H,26,29)(H,27,28). The van der Waals surface area contributed by atoms with Crippen LogP contribution in [0.15, 0.2) is 72.8 Å². The molecule has 0 aliphatic rings. The Kier molecular flexibility index (Phi) is 7.09. The number of hydrogen-bond donors (Lipinski definition) is 2. The second kappa shape index (κ2) is 9.94. The molecule has 6 heteroatoms. The molecule has 0 heterocycles. The Bertz CT molecular complexity index is 1040. The van der Waals surface area contributed by atoms with Gasteiger partial charge >= 0.3 is 0 Å². The zero-order valence-electron chi connectivity index (χ0n) is 16.8. The van der Waals surface area contributed by atoms with E-state index >= 15 is 0 Å². The van der Waals surface area contributed by atoms with E-state index in [4.69, 9.17) is 16.3 Å². The maximum absolute atomic E-state index is 12.8. The molecule has 2 amide bonds. The molecule has 0 spiro atoms. The van der Waals surface area contributed by atoms with Crippen LogP contribution in [0.5, 0.6) is 5.75 Å². The maximum atomic E-state index is 12.8. The molecule has 3 rings (SSSR count).